The lowest BCUT2D eigenvalue weighted by molar-refractivity contribution is -0.143. The molecule has 0 spiro atoms. The average Bonchev–Trinajstić information content (AvgIpc) is 2.62. The number of carbonyl (C=O) groups excluding carboxylic acids is 1. The number of imidazole rings is 1. The van der Waals surface area contributed by atoms with Gasteiger partial charge in [-0.05, 0) is 19.1 Å². The van der Waals surface area contributed by atoms with Crippen LogP contribution in [-0.2, 0) is 9.53 Å². The van der Waals surface area contributed by atoms with Crippen LogP contribution in [0.5, 0.6) is 0 Å². The molecule has 17 heavy (non-hydrogen) atoms. The van der Waals surface area contributed by atoms with Gasteiger partial charge in [-0.25, -0.2) is 14.2 Å². The van der Waals surface area contributed by atoms with Crippen LogP contribution in [0.2, 0.25) is 0 Å². The van der Waals surface area contributed by atoms with Gasteiger partial charge in [-0.15, -0.1) is 0 Å². The molecular weight excluding hydrogens is 225 g/mol. The Labute approximate surface area is 97.0 Å². The maximum Gasteiger partial charge on any atom is 0.328 e. The van der Waals surface area contributed by atoms with E-state index in [0.717, 1.165) is 0 Å². The number of methoxy groups -OCH3 is 1. The van der Waals surface area contributed by atoms with Crippen molar-refractivity contribution < 1.29 is 13.9 Å². The second kappa shape index (κ2) is 4.04. The first-order valence-corrected chi connectivity index (χ1v) is 5.05. The number of anilines is 1. The number of nitrogen functional groups attached to an aromatic ring is 1. The summed E-state index contributed by atoms with van der Waals surface area (Å²) in [5.74, 6) is -0.670. The molecular formula is C11H12FN3O2. The van der Waals surface area contributed by atoms with Crippen LogP contribution in [0.4, 0.5) is 10.3 Å². The van der Waals surface area contributed by atoms with Crippen molar-refractivity contribution in [2.75, 3.05) is 12.8 Å². The molecule has 0 saturated carbocycles. The molecule has 1 aromatic heterocycles. The van der Waals surface area contributed by atoms with Crippen molar-refractivity contribution in [1.29, 1.82) is 0 Å². The number of aromatic nitrogens is 2. The predicted octanol–water partition coefficient (Wildman–Crippen LogP) is 1.49. The number of hydrogen-bond donors (Lipinski definition) is 1. The minimum absolute atomic E-state index is 0.156. The molecule has 90 valence electrons. The van der Waals surface area contributed by atoms with Gasteiger partial charge in [-0.2, -0.15) is 0 Å². The van der Waals surface area contributed by atoms with Crippen LogP contribution in [0.25, 0.3) is 11.0 Å². The fourth-order valence-corrected chi connectivity index (χ4v) is 1.77. The largest absolute Gasteiger partial charge is 0.467 e. The molecule has 2 N–H and O–H groups in total. The minimum Gasteiger partial charge on any atom is -0.467 e. The zero-order valence-electron chi connectivity index (χ0n) is 9.48. The van der Waals surface area contributed by atoms with Gasteiger partial charge in [0.05, 0.1) is 18.1 Å². The highest BCUT2D eigenvalue weighted by Gasteiger charge is 2.20. The van der Waals surface area contributed by atoms with Crippen molar-refractivity contribution in [3.8, 4) is 0 Å². The number of fused-ring (bicyclic) bond motifs is 1. The molecule has 2 aromatic rings. The first-order chi connectivity index (χ1) is 8.04. The third-order valence-corrected chi connectivity index (χ3v) is 2.61. The summed E-state index contributed by atoms with van der Waals surface area (Å²) in [7, 11) is 1.30. The topological polar surface area (TPSA) is 70.1 Å². The summed E-state index contributed by atoms with van der Waals surface area (Å²) in [6.45, 7) is 1.65. The van der Waals surface area contributed by atoms with Gasteiger partial charge in [0.1, 0.15) is 11.9 Å². The van der Waals surface area contributed by atoms with Crippen LogP contribution in [0, 0.1) is 5.82 Å². The van der Waals surface area contributed by atoms with Gasteiger partial charge in [-0.1, -0.05) is 0 Å². The lowest BCUT2D eigenvalue weighted by atomic mass is 10.2. The van der Waals surface area contributed by atoms with Gasteiger partial charge in [0.2, 0.25) is 5.95 Å². The molecule has 2 rings (SSSR count). The molecule has 1 unspecified atom stereocenters. The van der Waals surface area contributed by atoms with E-state index in [4.69, 9.17) is 5.73 Å². The van der Waals surface area contributed by atoms with E-state index >= 15 is 0 Å². The van der Waals surface area contributed by atoms with E-state index in [9.17, 15) is 9.18 Å². The van der Waals surface area contributed by atoms with Gasteiger partial charge in [0.25, 0.3) is 0 Å². The summed E-state index contributed by atoms with van der Waals surface area (Å²) in [6.07, 6.45) is 0. The Kier molecular flexibility index (Phi) is 2.71. The van der Waals surface area contributed by atoms with Crippen molar-refractivity contribution >= 4 is 23.0 Å². The lowest BCUT2D eigenvalue weighted by Crippen LogP contribution is -2.19. The van der Waals surface area contributed by atoms with E-state index in [1.54, 1.807) is 6.92 Å². The van der Waals surface area contributed by atoms with Crippen molar-refractivity contribution in [3.63, 3.8) is 0 Å². The van der Waals surface area contributed by atoms with E-state index in [1.165, 1.54) is 29.9 Å². The molecule has 0 aliphatic carbocycles. The zero-order chi connectivity index (χ0) is 12.6. The molecule has 1 atom stereocenters. The number of rotatable bonds is 2. The molecule has 0 amide bonds. The molecule has 0 aliphatic heterocycles. The molecule has 1 aromatic carbocycles. The van der Waals surface area contributed by atoms with E-state index in [0.29, 0.717) is 11.0 Å². The normalized spacial score (nSPS) is 12.6. The number of hydrogen-bond acceptors (Lipinski definition) is 4. The first-order valence-electron chi connectivity index (χ1n) is 5.05. The molecule has 0 saturated heterocycles. The summed E-state index contributed by atoms with van der Waals surface area (Å²) in [5.41, 5.74) is 6.73. The van der Waals surface area contributed by atoms with Gasteiger partial charge in [0.15, 0.2) is 0 Å². The number of carbonyl (C=O) groups is 1. The Morgan fingerprint density at radius 1 is 1.59 bits per heavy atom. The summed E-state index contributed by atoms with van der Waals surface area (Å²) >= 11 is 0. The Balaban J connectivity index is 2.61. The lowest BCUT2D eigenvalue weighted by Gasteiger charge is -2.13. The van der Waals surface area contributed by atoms with Crippen molar-refractivity contribution in [3.05, 3.63) is 24.0 Å². The number of nitrogens with zero attached hydrogens (tertiary/aromatic N) is 2. The van der Waals surface area contributed by atoms with Crippen molar-refractivity contribution in [2.24, 2.45) is 0 Å². The minimum atomic E-state index is -0.601. The van der Waals surface area contributed by atoms with E-state index in [-0.39, 0.29) is 5.95 Å². The van der Waals surface area contributed by atoms with Gasteiger partial charge in [-0.3, -0.25) is 4.57 Å². The van der Waals surface area contributed by atoms with Crippen LogP contribution in [0.15, 0.2) is 18.2 Å². The summed E-state index contributed by atoms with van der Waals surface area (Å²) in [4.78, 5) is 15.5. The Bertz CT molecular complexity index is 579. The molecule has 5 nitrogen and oxygen atoms in total. The number of ether oxygens (including phenoxy) is 1. The summed E-state index contributed by atoms with van der Waals surface area (Å²) < 4.78 is 19.2. The predicted molar refractivity (Wildman–Crippen MR) is 60.8 cm³/mol. The Morgan fingerprint density at radius 2 is 2.29 bits per heavy atom. The summed E-state index contributed by atoms with van der Waals surface area (Å²) in [5, 5.41) is 0. The van der Waals surface area contributed by atoms with Crippen LogP contribution >= 0.6 is 0 Å². The number of nitrogens with two attached hydrogens (primary N) is 1. The third-order valence-electron chi connectivity index (χ3n) is 2.61. The number of halogens is 1. The van der Waals surface area contributed by atoms with E-state index in [1.807, 2.05) is 0 Å². The molecule has 0 fully saturated rings. The third kappa shape index (κ3) is 1.82. The monoisotopic (exact) mass is 237 g/mol. The van der Waals surface area contributed by atoms with Crippen LogP contribution in [0.3, 0.4) is 0 Å². The molecule has 0 radical (unpaired) electrons. The Hall–Kier alpha value is -2.11. The fourth-order valence-electron chi connectivity index (χ4n) is 1.77. The zero-order valence-corrected chi connectivity index (χ0v) is 9.48. The van der Waals surface area contributed by atoms with E-state index in [2.05, 4.69) is 9.72 Å². The quantitative estimate of drug-likeness (QED) is 0.803. The number of benzene rings is 1. The molecule has 6 heteroatoms. The maximum atomic E-state index is 13.0. The molecule has 0 bridgehead atoms. The summed E-state index contributed by atoms with van der Waals surface area (Å²) in [6, 6.07) is 3.50. The highest BCUT2D eigenvalue weighted by molar-refractivity contribution is 5.82. The highest BCUT2D eigenvalue weighted by Crippen LogP contribution is 2.23. The standard InChI is InChI=1S/C11H12FN3O2/c1-6(10(16)17-2)15-9-4-3-7(12)5-8(9)14-11(15)13/h3-6H,1-2H3,(H2,13,14). The molecule has 1 heterocycles. The second-order valence-electron chi connectivity index (χ2n) is 3.67. The van der Waals surface area contributed by atoms with Crippen LogP contribution in [-0.4, -0.2) is 22.6 Å². The van der Waals surface area contributed by atoms with E-state index < -0.39 is 17.8 Å². The SMILES string of the molecule is COC(=O)C(C)n1c(N)nc2cc(F)ccc21. The van der Waals surface area contributed by atoms with Gasteiger partial charge >= 0.3 is 5.97 Å². The van der Waals surface area contributed by atoms with Gasteiger partial charge < -0.3 is 10.5 Å². The first kappa shape index (κ1) is 11.4. The van der Waals surface area contributed by atoms with Crippen molar-refractivity contribution in [2.45, 2.75) is 13.0 Å². The van der Waals surface area contributed by atoms with Crippen molar-refractivity contribution in [1.82, 2.24) is 9.55 Å². The number of esters is 1. The van der Waals surface area contributed by atoms with Crippen LogP contribution in [0.1, 0.15) is 13.0 Å². The van der Waals surface area contributed by atoms with Gasteiger partial charge in [0, 0.05) is 6.07 Å². The molecule has 0 aliphatic rings. The maximum absolute atomic E-state index is 13.0. The highest BCUT2D eigenvalue weighted by atomic mass is 19.1. The fraction of sp³-hybridized carbons (Fsp3) is 0.273. The second-order valence-corrected chi connectivity index (χ2v) is 3.67. The average molecular weight is 237 g/mol. The Morgan fingerprint density at radius 3 is 2.94 bits per heavy atom. The smallest absolute Gasteiger partial charge is 0.328 e. The van der Waals surface area contributed by atoms with Crippen LogP contribution < -0.4 is 5.73 Å².